The average Bonchev–Trinajstić information content (AvgIpc) is 3.00. The van der Waals surface area contributed by atoms with Gasteiger partial charge in [-0.15, -0.1) is 10.2 Å². The van der Waals surface area contributed by atoms with Gasteiger partial charge >= 0.3 is 0 Å². The van der Waals surface area contributed by atoms with E-state index in [2.05, 4.69) is 15.5 Å². The highest BCUT2D eigenvalue weighted by molar-refractivity contribution is 8.01. The van der Waals surface area contributed by atoms with E-state index < -0.39 is 0 Å². The number of hydrogen-bond donors (Lipinski definition) is 2. The van der Waals surface area contributed by atoms with Crippen LogP contribution in [-0.2, 0) is 9.53 Å². The van der Waals surface area contributed by atoms with Crippen molar-refractivity contribution >= 4 is 46.3 Å². The molecule has 22 heavy (non-hydrogen) atoms. The minimum atomic E-state index is -0.289. The van der Waals surface area contributed by atoms with Crippen LogP contribution in [0.2, 0.25) is 5.02 Å². The number of rotatable bonds is 7. The predicted molar refractivity (Wildman–Crippen MR) is 88.6 cm³/mol. The third-order valence-electron chi connectivity index (χ3n) is 2.76. The number of halogens is 1. The summed E-state index contributed by atoms with van der Waals surface area (Å²) in [6.07, 6.45) is -0.0889. The highest BCUT2D eigenvalue weighted by Crippen LogP contribution is 2.35. The summed E-state index contributed by atoms with van der Waals surface area (Å²) >= 11 is 9.10. The number of amides is 1. The molecule has 3 N–H and O–H groups in total. The van der Waals surface area contributed by atoms with Gasteiger partial charge < -0.3 is 15.8 Å². The number of nitrogens with one attached hydrogen (secondary N) is 1. The first kappa shape index (κ1) is 17.2. The zero-order valence-corrected chi connectivity index (χ0v) is 14.2. The molecule has 1 heterocycles. The van der Waals surface area contributed by atoms with Gasteiger partial charge in [-0.2, -0.15) is 0 Å². The van der Waals surface area contributed by atoms with Gasteiger partial charge in [0.05, 0.1) is 17.5 Å². The molecule has 118 valence electrons. The fourth-order valence-electron chi connectivity index (χ4n) is 1.64. The van der Waals surface area contributed by atoms with Crippen LogP contribution in [0.4, 0.5) is 5.69 Å². The number of nitrogens with two attached hydrogens (primary N) is 1. The summed E-state index contributed by atoms with van der Waals surface area (Å²) in [6, 6.07) is 5.32. The SMILES string of the molecule is COC(CN)CC(=O)Nc1ccc(Sc2nncs2)c(Cl)c1. The highest BCUT2D eigenvalue weighted by Gasteiger charge is 2.12. The van der Waals surface area contributed by atoms with E-state index >= 15 is 0 Å². The van der Waals surface area contributed by atoms with Crippen LogP contribution in [0.5, 0.6) is 0 Å². The van der Waals surface area contributed by atoms with Gasteiger partial charge in [0.15, 0.2) is 4.34 Å². The second-order valence-electron chi connectivity index (χ2n) is 4.30. The lowest BCUT2D eigenvalue weighted by molar-refractivity contribution is -0.118. The summed E-state index contributed by atoms with van der Waals surface area (Å²) in [5.41, 5.74) is 7.78. The Bertz CT molecular complexity index is 621. The zero-order chi connectivity index (χ0) is 15.9. The Hall–Kier alpha value is -1.19. The molecular weight excluding hydrogens is 344 g/mol. The smallest absolute Gasteiger partial charge is 0.227 e. The summed E-state index contributed by atoms with van der Waals surface area (Å²) in [5, 5.41) is 11.0. The molecule has 0 aliphatic carbocycles. The van der Waals surface area contributed by atoms with Gasteiger partial charge in [-0.05, 0) is 18.2 Å². The van der Waals surface area contributed by atoms with Crippen molar-refractivity contribution in [1.82, 2.24) is 10.2 Å². The fourth-order valence-corrected chi connectivity index (χ4v) is 3.38. The molecule has 0 saturated carbocycles. The van der Waals surface area contributed by atoms with Crippen molar-refractivity contribution in [3.05, 3.63) is 28.7 Å². The van der Waals surface area contributed by atoms with E-state index in [0.29, 0.717) is 17.3 Å². The topological polar surface area (TPSA) is 90.1 Å². The van der Waals surface area contributed by atoms with Crippen LogP contribution in [-0.4, -0.2) is 35.9 Å². The third kappa shape index (κ3) is 4.92. The number of methoxy groups -OCH3 is 1. The molecule has 6 nitrogen and oxygen atoms in total. The van der Waals surface area contributed by atoms with Crippen LogP contribution in [0.3, 0.4) is 0 Å². The van der Waals surface area contributed by atoms with E-state index in [4.69, 9.17) is 22.1 Å². The Kier molecular flexibility index (Phi) is 6.59. The first-order valence-corrected chi connectivity index (χ1v) is 8.46. The maximum absolute atomic E-state index is 11.9. The standard InChI is InChI=1S/C13H15ClN4O2S2/c1-20-9(6-15)5-12(19)17-8-2-3-11(10(14)4-8)22-13-18-16-7-21-13/h2-4,7,9H,5-6,15H2,1H3,(H,17,19). The van der Waals surface area contributed by atoms with E-state index in [-0.39, 0.29) is 18.4 Å². The fraction of sp³-hybridized carbons (Fsp3) is 0.308. The molecule has 0 bridgehead atoms. The molecule has 0 saturated heterocycles. The minimum Gasteiger partial charge on any atom is -0.380 e. The Balaban J connectivity index is 1.98. The molecule has 1 atom stereocenters. The Labute approximate surface area is 141 Å². The van der Waals surface area contributed by atoms with E-state index in [1.165, 1.54) is 30.2 Å². The molecule has 1 aromatic heterocycles. The van der Waals surface area contributed by atoms with Gasteiger partial charge in [-0.25, -0.2) is 0 Å². The number of carbonyl (C=O) groups is 1. The zero-order valence-electron chi connectivity index (χ0n) is 11.8. The summed E-state index contributed by atoms with van der Waals surface area (Å²) in [5.74, 6) is -0.169. The van der Waals surface area contributed by atoms with Gasteiger partial charge in [0.25, 0.3) is 0 Å². The number of aromatic nitrogens is 2. The monoisotopic (exact) mass is 358 g/mol. The second-order valence-corrected chi connectivity index (χ2v) is 6.83. The summed E-state index contributed by atoms with van der Waals surface area (Å²) in [6.45, 7) is 0.294. The number of carbonyl (C=O) groups excluding carboxylic acids is 1. The molecule has 9 heteroatoms. The van der Waals surface area contributed by atoms with Gasteiger partial charge in [0.2, 0.25) is 5.91 Å². The number of benzene rings is 1. The third-order valence-corrected chi connectivity index (χ3v) is 5.04. The second kappa shape index (κ2) is 8.44. The first-order chi connectivity index (χ1) is 10.6. The first-order valence-electron chi connectivity index (χ1n) is 6.38. The summed E-state index contributed by atoms with van der Waals surface area (Å²) in [4.78, 5) is 12.7. The number of ether oxygens (including phenoxy) is 1. The van der Waals surface area contributed by atoms with Crippen LogP contribution in [0, 0.1) is 0 Å². The lowest BCUT2D eigenvalue weighted by Gasteiger charge is -2.13. The largest absolute Gasteiger partial charge is 0.380 e. The molecule has 0 spiro atoms. The molecule has 1 amide bonds. The normalized spacial score (nSPS) is 12.1. The molecule has 0 radical (unpaired) electrons. The highest BCUT2D eigenvalue weighted by atomic mass is 35.5. The van der Waals surface area contributed by atoms with Crippen molar-refractivity contribution in [1.29, 1.82) is 0 Å². The Morgan fingerprint density at radius 1 is 1.59 bits per heavy atom. The average molecular weight is 359 g/mol. The van der Waals surface area contributed by atoms with Gasteiger partial charge in [0.1, 0.15) is 5.51 Å². The molecule has 1 aromatic carbocycles. The van der Waals surface area contributed by atoms with Crippen LogP contribution >= 0.6 is 34.7 Å². The van der Waals surface area contributed by atoms with Crippen molar-refractivity contribution in [2.45, 2.75) is 21.8 Å². The van der Waals surface area contributed by atoms with Gasteiger partial charge in [-0.1, -0.05) is 34.7 Å². The van der Waals surface area contributed by atoms with Crippen molar-refractivity contribution in [3.8, 4) is 0 Å². The Morgan fingerprint density at radius 3 is 3.00 bits per heavy atom. The molecule has 0 aliphatic rings. The molecule has 0 fully saturated rings. The summed E-state index contributed by atoms with van der Waals surface area (Å²) in [7, 11) is 1.53. The summed E-state index contributed by atoms with van der Waals surface area (Å²) < 4.78 is 5.89. The van der Waals surface area contributed by atoms with E-state index in [9.17, 15) is 4.79 Å². The van der Waals surface area contributed by atoms with E-state index in [1.54, 1.807) is 17.6 Å². The lowest BCUT2D eigenvalue weighted by Crippen LogP contribution is -2.28. The van der Waals surface area contributed by atoms with Gasteiger partial charge in [0, 0.05) is 24.2 Å². The Morgan fingerprint density at radius 2 is 2.41 bits per heavy atom. The number of anilines is 1. The minimum absolute atomic E-state index is 0.169. The van der Waals surface area contributed by atoms with E-state index in [0.717, 1.165) is 9.24 Å². The lowest BCUT2D eigenvalue weighted by atomic mass is 10.2. The molecule has 2 aromatic rings. The van der Waals surface area contributed by atoms with Gasteiger partial charge in [-0.3, -0.25) is 4.79 Å². The molecule has 1 unspecified atom stereocenters. The van der Waals surface area contributed by atoms with Crippen molar-refractivity contribution in [2.75, 3.05) is 19.0 Å². The van der Waals surface area contributed by atoms with Crippen molar-refractivity contribution in [3.63, 3.8) is 0 Å². The molecule has 2 rings (SSSR count). The predicted octanol–water partition coefficient (Wildman–Crippen LogP) is 2.65. The quantitative estimate of drug-likeness (QED) is 0.790. The number of hydrogen-bond acceptors (Lipinski definition) is 7. The van der Waals surface area contributed by atoms with Crippen molar-refractivity contribution < 1.29 is 9.53 Å². The van der Waals surface area contributed by atoms with E-state index in [1.807, 2.05) is 6.07 Å². The molecular formula is C13H15ClN4O2S2. The number of nitrogens with zero attached hydrogens (tertiary/aromatic N) is 2. The van der Waals surface area contributed by atoms with Crippen LogP contribution in [0.1, 0.15) is 6.42 Å². The van der Waals surface area contributed by atoms with Crippen LogP contribution in [0.15, 0.2) is 32.9 Å². The maximum atomic E-state index is 11.9. The maximum Gasteiger partial charge on any atom is 0.227 e. The molecule has 0 aliphatic heterocycles. The van der Waals surface area contributed by atoms with Crippen LogP contribution < -0.4 is 11.1 Å². The van der Waals surface area contributed by atoms with Crippen molar-refractivity contribution in [2.24, 2.45) is 5.73 Å². The van der Waals surface area contributed by atoms with Crippen LogP contribution in [0.25, 0.3) is 0 Å².